The molecule has 15 atom stereocenters. The van der Waals surface area contributed by atoms with Crippen molar-refractivity contribution in [2.24, 2.45) is 40.9 Å². The van der Waals surface area contributed by atoms with Crippen LogP contribution in [0.1, 0.15) is 76.1 Å². The maximum atomic E-state index is 13.5. The topological polar surface area (TPSA) is 158 Å². The average molecular weight is 658 g/mol. The number of hydrogen-bond acceptors (Lipinski definition) is 11. The number of nitrogens with zero attached hydrogens (tertiary/aromatic N) is 1. The lowest BCUT2D eigenvalue weighted by atomic mass is 9.49. The molecule has 7 aliphatic rings. The summed E-state index contributed by atoms with van der Waals surface area (Å²) < 4.78 is 23.7. The fraction of sp³-hybridized carbons (Fsp3) is 0.806. The van der Waals surface area contributed by atoms with Crippen molar-refractivity contribution in [2.75, 3.05) is 27.3 Å². The Morgan fingerprint density at radius 2 is 1.68 bits per heavy atom. The number of carbonyl (C=O) groups excluding carboxylic acids is 1. The number of aliphatic hydroxyl groups is 5. The molecule has 0 amide bonds. The van der Waals surface area contributed by atoms with Gasteiger partial charge >= 0.3 is 5.97 Å². The quantitative estimate of drug-likeness (QED) is 0.302. The molecule has 0 radical (unpaired) electrons. The van der Waals surface area contributed by atoms with Gasteiger partial charge < -0.3 is 44.5 Å². The molecule has 11 heteroatoms. The smallest absolute Gasteiger partial charge is 0.338 e. The van der Waals surface area contributed by atoms with Crippen molar-refractivity contribution >= 4 is 5.97 Å². The SMILES string of the molecule is COc1ccc(C(=O)O[C@H]2CC[C@@]3(C)C4CCC5[C@]6(O)[C@@H](O)[C@H](O)[C@H]7[C@@H](CN8C[C@@H](C)CC[C@H]8[C@@]7(C)O)[C@@H]6C[C@@]53O[C@]42O)cc1OC. The Morgan fingerprint density at radius 1 is 0.957 bits per heavy atom. The number of piperidine rings is 2. The number of aliphatic hydroxyl groups excluding tert-OH is 2. The molecule has 1 aromatic carbocycles. The normalized spacial score (nSPS) is 52.9. The van der Waals surface area contributed by atoms with Crippen LogP contribution in [-0.4, -0.2) is 111 Å². The van der Waals surface area contributed by atoms with E-state index in [2.05, 4.69) is 18.7 Å². The van der Waals surface area contributed by atoms with E-state index in [1.165, 1.54) is 14.2 Å². The number of rotatable bonds is 4. The van der Waals surface area contributed by atoms with Gasteiger partial charge in [0, 0.05) is 42.3 Å². The van der Waals surface area contributed by atoms with E-state index in [9.17, 15) is 30.3 Å². The molecule has 4 aliphatic carbocycles. The Morgan fingerprint density at radius 3 is 2.40 bits per heavy atom. The molecule has 3 aliphatic heterocycles. The lowest BCUT2D eigenvalue weighted by molar-refractivity contribution is -0.290. The molecule has 11 nitrogen and oxygen atoms in total. The van der Waals surface area contributed by atoms with Crippen LogP contribution in [0, 0.1) is 40.9 Å². The van der Waals surface area contributed by atoms with Gasteiger partial charge in [0.25, 0.3) is 0 Å². The number of ether oxygens (including phenoxy) is 4. The fourth-order valence-corrected chi connectivity index (χ4v) is 12.7. The predicted octanol–water partition coefficient (Wildman–Crippen LogP) is 2.10. The van der Waals surface area contributed by atoms with Gasteiger partial charge in [0.05, 0.1) is 37.1 Å². The summed E-state index contributed by atoms with van der Waals surface area (Å²) >= 11 is 0. The van der Waals surface area contributed by atoms with E-state index >= 15 is 0 Å². The van der Waals surface area contributed by atoms with Gasteiger partial charge in [-0.25, -0.2) is 4.79 Å². The summed E-state index contributed by atoms with van der Waals surface area (Å²) in [4.78, 5) is 15.8. The van der Waals surface area contributed by atoms with E-state index in [4.69, 9.17) is 18.9 Å². The number of esters is 1. The van der Waals surface area contributed by atoms with Crippen LogP contribution in [0.15, 0.2) is 18.2 Å². The summed E-state index contributed by atoms with van der Waals surface area (Å²) in [6.45, 7) is 7.60. The van der Waals surface area contributed by atoms with Crippen LogP contribution < -0.4 is 9.47 Å². The Hall–Kier alpha value is -1.99. The van der Waals surface area contributed by atoms with Crippen molar-refractivity contribution in [1.82, 2.24) is 4.90 Å². The van der Waals surface area contributed by atoms with Crippen LogP contribution in [0.3, 0.4) is 0 Å². The zero-order valence-corrected chi connectivity index (χ0v) is 28.1. The summed E-state index contributed by atoms with van der Waals surface area (Å²) in [5.74, 6) is -3.32. The highest BCUT2D eigenvalue weighted by Crippen LogP contribution is 2.77. The van der Waals surface area contributed by atoms with Crippen molar-refractivity contribution in [1.29, 1.82) is 0 Å². The number of fused-ring (bicyclic) bond motifs is 5. The molecule has 2 unspecified atom stereocenters. The van der Waals surface area contributed by atoms with Gasteiger partial charge in [-0.3, -0.25) is 4.90 Å². The first-order chi connectivity index (χ1) is 22.2. The van der Waals surface area contributed by atoms with E-state index in [-0.39, 0.29) is 23.4 Å². The van der Waals surface area contributed by atoms with Crippen molar-refractivity contribution < 1.29 is 49.3 Å². The van der Waals surface area contributed by atoms with Crippen molar-refractivity contribution in [3.8, 4) is 11.5 Å². The highest BCUT2D eigenvalue weighted by atomic mass is 16.7. The molecule has 3 saturated heterocycles. The highest BCUT2D eigenvalue weighted by molar-refractivity contribution is 5.90. The zero-order valence-electron chi connectivity index (χ0n) is 28.1. The molecule has 1 aromatic rings. The van der Waals surface area contributed by atoms with Gasteiger partial charge in [0.2, 0.25) is 5.79 Å². The molecular formula is C36H51NO10. The monoisotopic (exact) mass is 657 g/mol. The largest absolute Gasteiger partial charge is 0.493 e. The maximum absolute atomic E-state index is 13.5. The second-order valence-electron chi connectivity index (χ2n) is 16.5. The third kappa shape index (κ3) is 3.91. The molecule has 260 valence electrons. The first kappa shape index (κ1) is 32.2. The first-order valence-corrected chi connectivity index (χ1v) is 17.6. The molecule has 4 saturated carbocycles. The van der Waals surface area contributed by atoms with E-state index < -0.39 is 70.0 Å². The summed E-state index contributed by atoms with van der Waals surface area (Å²) in [5, 5.41) is 61.1. The molecule has 47 heavy (non-hydrogen) atoms. The van der Waals surface area contributed by atoms with Crippen molar-refractivity contribution in [3.05, 3.63) is 23.8 Å². The van der Waals surface area contributed by atoms with Gasteiger partial charge in [0.15, 0.2) is 17.6 Å². The number of methoxy groups -OCH3 is 2. The van der Waals surface area contributed by atoms with Gasteiger partial charge in [-0.2, -0.15) is 0 Å². The lowest BCUT2D eigenvalue weighted by Crippen LogP contribution is -2.76. The van der Waals surface area contributed by atoms with Crippen molar-refractivity contribution in [2.45, 2.75) is 113 Å². The average Bonchev–Trinajstić information content (AvgIpc) is 3.28. The molecule has 8 rings (SSSR count). The predicted molar refractivity (Wildman–Crippen MR) is 168 cm³/mol. The van der Waals surface area contributed by atoms with Gasteiger partial charge in [0.1, 0.15) is 11.7 Å². The Labute approximate surface area is 276 Å². The van der Waals surface area contributed by atoms with Crippen LogP contribution in [0.25, 0.3) is 0 Å². The van der Waals surface area contributed by atoms with Crippen LogP contribution in [0.5, 0.6) is 11.5 Å². The summed E-state index contributed by atoms with van der Waals surface area (Å²) in [6, 6.07) is 4.65. The molecule has 4 bridgehead atoms. The van der Waals surface area contributed by atoms with Crippen molar-refractivity contribution in [3.63, 3.8) is 0 Å². The van der Waals surface area contributed by atoms with Crippen LogP contribution in [0.2, 0.25) is 0 Å². The third-order valence-corrected chi connectivity index (χ3v) is 14.7. The van der Waals surface area contributed by atoms with Gasteiger partial charge in [-0.15, -0.1) is 0 Å². The molecule has 0 aromatic heterocycles. The first-order valence-electron chi connectivity index (χ1n) is 17.6. The number of benzene rings is 1. The molecule has 7 fully saturated rings. The fourth-order valence-electron chi connectivity index (χ4n) is 12.7. The zero-order chi connectivity index (χ0) is 33.5. The van der Waals surface area contributed by atoms with Crippen LogP contribution in [0.4, 0.5) is 0 Å². The van der Waals surface area contributed by atoms with E-state index in [1.54, 1.807) is 25.1 Å². The lowest BCUT2D eigenvalue weighted by Gasteiger charge is -2.63. The Kier molecular flexibility index (Phi) is 7.05. The summed E-state index contributed by atoms with van der Waals surface area (Å²) in [7, 11) is 3.01. The Balaban J connectivity index is 1.14. The van der Waals surface area contributed by atoms with E-state index in [0.29, 0.717) is 56.1 Å². The number of hydrogen-bond donors (Lipinski definition) is 5. The minimum absolute atomic E-state index is 0.125. The molecular weight excluding hydrogens is 606 g/mol. The van der Waals surface area contributed by atoms with Crippen LogP contribution >= 0.6 is 0 Å². The molecule has 1 spiro atoms. The standard InChI is InChI=1S/C36H51NO10/c1-18-6-11-26-33(3,41)28-20(17-37(26)16-18)21-15-34-25(35(21,42)30(39)29(28)38)10-9-24-32(34,2)13-12-27(36(24,43)47-34)46-31(40)19-7-8-22(44-4)23(14-19)45-5/h7-8,14,18,20-21,24-30,38-39,41-43H,6,9-13,15-17H2,1-5H3/t18-,20-,21-,24?,25?,26-,27-,28+,29+,30-,32-,33+,34+,35-,36+/m0/s1. The summed E-state index contributed by atoms with van der Waals surface area (Å²) in [6.07, 6.45) is 0.454. The highest BCUT2D eigenvalue weighted by Gasteiger charge is 2.85. The third-order valence-electron chi connectivity index (χ3n) is 14.7. The van der Waals surface area contributed by atoms with E-state index in [1.807, 2.05) is 0 Å². The maximum Gasteiger partial charge on any atom is 0.338 e. The van der Waals surface area contributed by atoms with E-state index in [0.717, 1.165) is 19.4 Å². The van der Waals surface area contributed by atoms with Crippen LogP contribution in [-0.2, 0) is 9.47 Å². The minimum Gasteiger partial charge on any atom is -0.493 e. The molecule has 3 heterocycles. The second-order valence-corrected chi connectivity index (χ2v) is 16.5. The van der Waals surface area contributed by atoms with Gasteiger partial charge in [-0.1, -0.05) is 13.8 Å². The van der Waals surface area contributed by atoms with Gasteiger partial charge in [-0.05, 0) is 87.8 Å². The second kappa shape index (κ2) is 10.3. The Bertz CT molecular complexity index is 1450. The summed E-state index contributed by atoms with van der Waals surface area (Å²) in [5.41, 5.74) is -4.24. The molecule has 5 N–H and O–H groups in total. The number of carbonyl (C=O) groups is 1. The minimum atomic E-state index is -1.79.